The highest BCUT2D eigenvalue weighted by Crippen LogP contribution is 2.25. The topological polar surface area (TPSA) is 112 Å². The van der Waals surface area contributed by atoms with E-state index in [-0.39, 0.29) is 11.6 Å². The Bertz CT molecular complexity index is 1110. The molecule has 0 unspecified atom stereocenters. The number of carbonyl (C=O) groups is 1. The van der Waals surface area contributed by atoms with Gasteiger partial charge in [0.25, 0.3) is 5.91 Å². The lowest BCUT2D eigenvalue weighted by atomic mass is 10.1. The van der Waals surface area contributed by atoms with Gasteiger partial charge in [0.05, 0.1) is 24.8 Å². The van der Waals surface area contributed by atoms with Crippen LogP contribution in [0.3, 0.4) is 0 Å². The van der Waals surface area contributed by atoms with Gasteiger partial charge in [-0.1, -0.05) is 18.2 Å². The summed E-state index contributed by atoms with van der Waals surface area (Å²) in [6.45, 7) is 3.56. The number of rotatable bonds is 7. The number of nitrogens with zero attached hydrogens (tertiary/aromatic N) is 4. The number of hydrogen-bond acceptors (Lipinski definition) is 6. The van der Waals surface area contributed by atoms with Crippen LogP contribution in [0.5, 0.6) is 5.75 Å². The van der Waals surface area contributed by atoms with Crippen LogP contribution in [0, 0.1) is 24.0 Å². The highest BCUT2D eigenvalue weighted by molar-refractivity contribution is 5.94. The minimum atomic E-state index is -0.427. The number of benzene rings is 2. The second-order valence-electron chi connectivity index (χ2n) is 6.57. The first-order valence-electron chi connectivity index (χ1n) is 9.14. The Morgan fingerprint density at radius 3 is 2.63 bits per heavy atom. The van der Waals surface area contributed by atoms with Gasteiger partial charge in [-0.2, -0.15) is 10.2 Å². The molecule has 1 amide bonds. The summed E-state index contributed by atoms with van der Waals surface area (Å²) in [5, 5.41) is 19.5. The zero-order chi connectivity index (χ0) is 21.7. The van der Waals surface area contributed by atoms with Gasteiger partial charge in [0.15, 0.2) is 0 Å². The van der Waals surface area contributed by atoms with E-state index in [4.69, 9.17) is 4.74 Å². The quantitative estimate of drug-likeness (QED) is 0.367. The summed E-state index contributed by atoms with van der Waals surface area (Å²) in [7, 11) is 1.55. The Morgan fingerprint density at radius 1 is 1.27 bits per heavy atom. The van der Waals surface area contributed by atoms with E-state index in [0.717, 1.165) is 11.1 Å². The molecule has 0 aliphatic rings. The molecular weight excluding hydrogens is 386 g/mol. The van der Waals surface area contributed by atoms with Gasteiger partial charge in [0.1, 0.15) is 17.1 Å². The summed E-state index contributed by atoms with van der Waals surface area (Å²) in [5.74, 6) is 0.311. The molecule has 2 aromatic carbocycles. The van der Waals surface area contributed by atoms with Gasteiger partial charge in [-0.25, -0.2) is 5.43 Å². The van der Waals surface area contributed by atoms with Gasteiger partial charge in [-0.3, -0.25) is 19.6 Å². The first-order chi connectivity index (χ1) is 14.4. The molecular formula is C21H21N5O4. The van der Waals surface area contributed by atoms with Gasteiger partial charge < -0.3 is 4.74 Å². The van der Waals surface area contributed by atoms with Gasteiger partial charge in [-0.05, 0) is 49.7 Å². The molecule has 1 aromatic heterocycles. The van der Waals surface area contributed by atoms with Crippen LogP contribution >= 0.6 is 0 Å². The zero-order valence-electron chi connectivity index (χ0n) is 16.8. The van der Waals surface area contributed by atoms with E-state index in [0.29, 0.717) is 29.2 Å². The molecule has 0 aliphatic heterocycles. The number of amides is 1. The Hall–Kier alpha value is -4.01. The Morgan fingerprint density at radius 2 is 2.00 bits per heavy atom. The number of nitrogens with one attached hydrogen (secondary N) is 1. The molecule has 0 saturated carbocycles. The van der Waals surface area contributed by atoms with E-state index < -0.39 is 4.92 Å². The van der Waals surface area contributed by atoms with E-state index in [1.54, 1.807) is 62.0 Å². The number of hydrazone groups is 1. The molecule has 1 heterocycles. The lowest BCUT2D eigenvalue weighted by molar-refractivity contribution is -0.386. The average molecular weight is 407 g/mol. The molecule has 3 aromatic rings. The molecule has 0 atom stereocenters. The summed E-state index contributed by atoms with van der Waals surface area (Å²) in [4.78, 5) is 22.9. The van der Waals surface area contributed by atoms with Crippen LogP contribution in [0.15, 0.2) is 53.6 Å². The minimum absolute atomic E-state index is 0.00954. The van der Waals surface area contributed by atoms with E-state index >= 15 is 0 Å². The van der Waals surface area contributed by atoms with E-state index in [9.17, 15) is 14.9 Å². The molecule has 30 heavy (non-hydrogen) atoms. The monoisotopic (exact) mass is 407 g/mol. The van der Waals surface area contributed by atoms with Crippen molar-refractivity contribution in [3.05, 3.63) is 86.7 Å². The molecule has 1 N–H and O–H groups in total. The van der Waals surface area contributed by atoms with Crippen LogP contribution in [0.2, 0.25) is 0 Å². The number of carbonyl (C=O) groups excluding carboxylic acids is 1. The van der Waals surface area contributed by atoms with Crippen molar-refractivity contribution in [2.24, 2.45) is 5.10 Å². The number of aryl methyl sites for hydroxylation is 1. The van der Waals surface area contributed by atoms with Crippen LogP contribution in [-0.4, -0.2) is 33.9 Å². The molecule has 9 nitrogen and oxygen atoms in total. The smallest absolute Gasteiger partial charge is 0.312 e. The Balaban J connectivity index is 1.80. The first-order valence-corrected chi connectivity index (χ1v) is 9.14. The van der Waals surface area contributed by atoms with Crippen LogP contribution in [0.25, 0.3) is 0 Å². The number of nitro groups is 1. The fourth-order valence-corrected chi connectivity index (χ4v) is 3.09. The molecule has 0 saturated heterocycles. The van der Waals surface area contributed by atoms with Crippen LogP contribution in [-0.2, 0) is 6.54 Å². The van der Waals surface area contributed by atoms with Crippen molar-refractivity contribution in [1.29, 1.82) is 0 Å². The number of methoxy groups -OCH3 is 1. The van der Waals surface area contributed by atoms with Crippen molar-refractivity contribution in [3.8, 4) is 5.75 Å². The fourth-order valence-electron chi connectivity index (χ4n) is 3.09. The third-order valence-electron chi connectivity index (χ3n) is 4.57. The van der Waals surface area contributed by atoms with Crippen molar-refractivity contribution in [2.75, 3.05) is 7.11 Å². The number of hydrogen-bond donors (Lipinski definition) is 1. The molecule has 9 heteroatoms. The Labute approximate surface area is 173 Å². The summed E-state index contributed by atoms with van der Waals surface area (Å²) in [6, 6.07) is 14.2. The Kier molecular flexibility index (Phi) is 6.21. The summed E-state index contributed by atoms with van der Waals surface area (Å²) >= 11 is 0. The lowest BCUT2D eigenvalue weighted by Crippen LogP contribution is -2.17. The maximum atomic E-state index is 12.1. The highest BCUT2D eigenvalue weighted by atomic mass is 16.6. The fraction of sp³-hybridized carbons (Fsp3) is 0.190. The summed E-state index contributed by atoms with van der Waals surface area (Å²) < 4.78 is 6.98. The third-order valence-corrected chi connectivity index (χ3v) is 4.57. The largest absolute Gasteiger partial charge is 0.496 e. The summed E-state index contributed by atoms with van der Waals surface area (Å²) in [6.07, 6.45) is 1.52. The predicted octanol–water partition coefficient (Wildman–Crippen LogP) is 3.23. The second-order valence-corrected chi connectivity index (χ2v) is 6.57. The normalized spacial score (nSPS) is 10.9. The summed E-state index contributed by atoms with van der Waals surface area (Å²) in [5.41, 5.74) is 5.34. The zero-order valence-corrected chi connectivity index (χ0v) is 16.8. The van der Waals surface area contributed by atoms with Gasteiger partial charge in [0, 0.05) is 11.1 Å². The molecule has 0 bridgehead atoms. The maximum Gasteiger partial charge on any atom is 0.312 e. The molecule has 0 aliphatic carbocycles. The molecule has 3 rings (SSSR count). The lowest BCUT2D eigenvalue weighted by Gasteiger charge is -2.10. The van der Waals surface area contributed by atoms with Crippen LogP contribution < -0.4 is 10.2 Å². The second kappa shape index (κ2) is 8.99. The van der Waals surface area contributed by atoms with Crippen molar-refractivity contribution >= 4 is 17.8 Å². The van der Waals surface area contributed by atoms with E-state index in [1.807, 2.05) is 12.1 Å². The van der Waals surface area contributed by atoms with Crippen molar-refractivity contribution < 1.29 is 14.5 Å². The van der Waals surface area contributed by atoms with Gasteiger partial charge >= 0.3 is 5.69 Å². The molecule has 154 valence electrons. The van der Waals surface area contributed by atoms with Crippen LogP contribution in [0.4, 0.5) is 5.69 Å². The average Bonchev–Trinajstić information content (AvgIpc) is 3.01. The maximum absolute atomic E-state index is 12.1. The number of ether oxygens (including phenoxy) is 1. The van der Waals surface area contributed by atoms with Crippen molar-refractivity contribution in [3.63, 3.8) is 0 Å². The van der Waals surface area contributed by atoms with Gasteiger partial charge in [0.2, 0.25) is 0 Å². The third kappa shape index (κ3) is 4.52. The van der Waals surface area contributed by atoms with Crippen molar-refractivity contribution in [2.45, 2.75) is 20.4 Å². The van der Waals surface area contributed by atoms with Gasteiger partial charge in [-0.15, -0.1) is 0 Å². The standard InChI is InChI=1S/C21H21N5O4/c1-14-20(26(28)29)15(2)25(24-14)13-18-11-16(9-10-19(18)30-3)12-22-23-21(27)17-7-5-4-6-8-17/h4-12H,13H2,1-3H3,(H,23,27). The predicted molar refractivity (Wildman–Crippen MR) is 112 cm³/mol. The molecule has 0 spiro atoms. The SMILES string of the molecule is COc1ccc(C=NNC(=O)c2ccccc2)cc1Cn1nc(C)c([N+](=O)[O-])c1C. The number of aromatic nitrogens is 2. The molecule has 0 radical (unpaired) electrons. The highest BCUT2D eigenvalue weighted by Gasteiger charge is 2.22. The van der Waals surface area contributed by atoms with E-state index in [2.05, 4.69) is 15.6 Å². The molecule has 0 fully saturated rings. The minimum Gasteiger partial charge on any atom is -0.496 e. The van der Waals surface area contributed by atoms with Crippen LogP contribution in [0.1, 0.15) is 32.9 Å². The first kappa shape index (κ1) is 20.7. The van der Waals surface area contributed by atoms with Crippen molar-refractivity contribution in [1.82, 2.24) is 15.2 Å². The van der Waals surface area contributed by atoms with E-state index in [1.165, 1.54) is 6.21 Å².